The molecule has 0 aromatic rings. The first kappa shape index (κ1) is 13.5. The van der Waals surface area contributed by atoms with Gasteiger partial charge in [0.05, 0.1) is 0 Å². The summed E-state index contributed by atoms with van der Waals surface area (Å²) in [4.78, 5) is 3.71. The van der Waals surface area contributed by atoms with Crippen LogP contribution in [-0.2, 0) is 4.84 Å². The van der Waals surface area contributed by atoms with E-state index >= 15 is 0 Å². The molecule has 0 fully saturated rings. The van der Waals surface area contributed by atoms with Gasteiger partial charge in [0.15, 0.2) is 5.92 Å². The lowest BCUT2D eigenvalue weighted by Crippen LogP contribution is -2.52. The lowest BCUT2D eigenvalue weighted by Gasteiger charge is -2.34. The van der Waals surface area contributed by atoms with Gasteiger partial charge in [0, 0.05) is 0 Å². The lowest BCUT2D eigenvalue weighted by molar-refractivity contribution is -0.329. The maximum atomic E-state index is 12.0. The molecule has 0 saturated carbocycles. The van der Waals surface area contributed by atoms with Crippen LogP contribution in [0, 0.1) is 5.92 Å². The summed E-state index contributed by atoms with van der Waals surface area (Å²) in [5.41, 5.74) is -2.55. The second kappa shape index (κ2) is 3.58. The third-order valence-electron chi connectivity index (χ3n) is 1.65. The van der Waals surface area contributed by atoms with Gasteiger partial charge in [-0.2, -0.15) is 26.3 Å². The Kier molecular flexibility index (Phi) is 3.45. The zero-order chi connectivity index (χ0) is 11.8. The number of hydrogen-bond acceptors (Lipinski definition) is 2. The highest BCUT2D eigenvalue weighted by Crippen LogP contribution is 2.46. The van der Waals surface area contributed by atoms with Crippen LogP contribution in [-0.4, -0.2) is 18.0 Å². The summed E-state index contributed by atoms with van der Waals surface area (Å²) < 4.78 is 72.3. The molecule has 14 heavy (non-hydrogen) atoms. The summed E-state index contributed by atoms with van der Waals surface area (Å²) in [5, 5.41) is 0. The fourth-order valence-electron chi connectivity index (χ4n) is 1.04. The summed E-state index contributed by atoms with van der Waals surface area (Å²) in [6, 6.07) is 0. The summed E-state index contributed by atoms with van der Waals surface area (Å²) >= 11 is 0. The van der Waals surface area contributed by atoms with Crippen molar-refractivity contribution in [3.05, 3.63) is 0 Å². The fraction of sp³-hybridized carbons (Fsp3) is 1.00. The molecule has 0 heterocycles. The molecule has 0 amide bonds. The Morgan fingerprint density at radius 2 is 1.21 bits per heavy atom. The van der Waals surface area contributed by atoms with E-state index in [9.17, 15) is 26.3 Å². The molecule has 0 aromatic heterocycles. The van der Waals surface area contributed by atoms with Crippen LogP contribution in [0.1, 0.15) is 13.8 Å². The van der Waals surface area contributed by atoms with Crippen LogP contribution in [0.25, 0.3) is 0 Å². The second-order valence-electron chi connectivity index (χ2n) is 3.24. The number of alkyl halides is 6. The van der Waals surface area contributed by atoms with E-state index in [4.69, 9.17) is 0 Å². The first-order valence-corrected chi connectivity index (χ1v) is 3.44. The Bertz CT molecular complexity index is 181. The minimum Gasteiger partial charge on any atom is -0.298 e. The highest BCUT2D eigenvalue weighted by Gasteiger charge is 2.64. The maximum Gasteiger partial charge on any atom is 0.403 e. The van der Waals surface area contributed by atoms with E-state index in [1.54, 1.807) is 0 Å². The van der Waals surface area contributed by atoms with Gasteiger partial charge in [-0.25, -0.2) is 5.90 Å². The van der Waals surface area contributed by atoms with Crippen molar-refractivity contribution in [2.24, 2.45) is 11.8 Å². The predicted molar refractivity (Wildman–Crippen MR) is 35.0 cm³/mol. The molecule has 2 N–H and O–H groups in total. The molecule has 0 aliphatic rings. The van der Waals surface area contributed by atoms with E-state index in [0.717, 1.165) is 0 Å². The lowest BCUT2D eigenvalue weighted by atomic mass is 9.90. The Balaban J connectivity index is 5.14. The Morgan fingerprint density at radius 1 is 0.929 bits per heavy atom. The van der Waals surface area contributed by atoms with Crippen molar-refractivity contribution in [2.45, 2.75) is 31.8 Å². The molecule has 0 bridgehead atoms. The minimum atomic E-state index is -5.44. The maximum absolute atomic E-state index is 12.0. The first-order chi connectivity index (χ1) is 5.93. The van der Waals surface area contributed by atoms with Crippen molar-refractivity contribution in [1.82, 2.24) is 0 Å². The van der Waals surface area contributed by atoms with E-state index in [1.807, 2.05) is 0 Å². The van der Waals surface area contributed by atoms with Gasteiger partial charge in [0.2, 0.25) is 0 Å². The van der Waals surface area contributed by atoms with Crippen LogP contribution in [0.4, 0.5) is 26.3 Å². The zero-order valence-electron chi connectivity index (χ0n) is 7.33. The molecular weight excluding hydrogens is 216 g/mol. The largest absolute Gasteiger partial charge is 0.403 e. The average molecular weight is 225 g/mol. The van der Waals surface area contributed by atoms with Gasteiger partial charge in [0.1, 0.15) is 5.60 Å². The third kappa shape index (κ3) is 3.02. The van der Waals surface area contributed by atoms with E-state index in [2.05, 4.69) is 10.7 Å². The quantitative estimate of drug-likeness (QED) is 0.578. The molecule has 0 aliphatic carbocycles. The summed E-state index contributed by atoms with van der Waals surface area (Å²) in [6.07, 6.45) is -10.9. The van der Waals surface area contributed by atoms with Crippen molar-refractivity contribution in [2.75, 3.05) is 0 Å². The van der Waals surface area contributed by atoms with Crippen molar-refractivity contribution in [3.63, 3.8) is 0 Å². The highest BCUT2D eigenvalue weighted by molar-refractivity contribution is 4.89. The topological polar surface area (TPSA) is 35.2 Å². The third-order valence-corrected chi connectivity index (χ3v) is 1.65. The molecule has 86 valence electrons. The molecule has 0 radical (unpaired) electrons. The summed E-state index contributed by atoms with van der Waals surface area (Å²) in [6.45, 7) is 1.25. The summed E-state index contributed by atoms with van der Waals surface area (Å²) in [7, 11) is 0. The second-order valence-corrected chi connectivity index (χ2v) is 3.24. The van der Waals surface area contributed by atoms with Gasteiger partial charge in [0.25, 0.3) is 0 Å². The SMILES string of the molecule is CC(C)(ON)C(C(F)(F)F)C(F)(F)F. The van der Waals surface area contributed by atoms with Crippen molar-refractivity contribution in [1.29, 1.82) is 0 Å². The number of halogens is 6. The van der Waals surface area contributed by atoms with Crippen LogP contribution >= 0.6 is 0 Å². The summed E-state index contributed by atoms with van der Waals surface area (Å²) in [5.74, 6) is 0.796. The molecule has 8 heteroatoms. The highest BCUT2D eigenvalue weighted by atomic mass is 19.4. The van der Waals surface area contributed by atoms with Gasteiger partial charge in [-0.1, -0.05) is 0 Å². The molecular formula is C6H9F6NO. The average Bonchev–Trinajstić information content (AvgIpc) is 1.79. The molecule has 0 aromatic carbocycles. The van der Waals surface area contributed by atoms with Crippen LogP contribution in [0.2, 0.25) is 0 Å². The van der Waals surface area contributed by atoms with E-state index in [0.29, 0.717) is 13.8 Å². The number of rotatable bonds is 2. The molecule has 0 saturated heterocycles. The molecule has 0 aliphatic heterocycles. The van der Waals surface area contributed by atoms with E-state index < -0.39 is 23.9 Å². The molecule has 0 spiro atoms. The van der Waals surface area contributed by atoms with Crippen LogP contribution in [0.5, 0.6) is 0 Å². The fourth-order valence-corrected chi connectivity index (χ4v) is 1.04. The van der Waals surface area contributed by atoms with Gasteiger partial charge in [-0.15, -0.1) is 0 Å². The van der Waals surface area contributed by atoms with E-state index in [-0.39, 0.29) is 0 Å². The Hall–Kier alpha value is -0.500. The van der Waals surface area contributed by atoms with Gasteiger partial charge < -0.3 is 0 Å². The van der Waals surface area contributed by atoms with Crippen LogP contribution < -0.4 is 5.90 Å². The Morgan fingerprint density at radius 3 is 1.29 bits per heavy atom. The van der Waals surface area contributed by atoms with Gasteiger partial charge >= 0.3 is 12.4 Å². The molecule has 0 unspecified atom stereocenters. The van der Waals surface area contributed by atoms with Crippen LogP contribution in [0.3, 0.4) is 0 Å². The van der Waals surface area contributed by atoms with Gasteiger partial charge in [-0.05, 0) is 13.8 Å². The smallest absolute Gasteiger partial charge is 0.298 e. The van der Waals surface area contributed by atoms with E-state index in [1.165, 1.54) is 0 Å². The van der Waals surface area contributed by atoms with Crippen molar-refractivity contribution >= 4 is 0 Å². The monoisotopic (exact) mass is 225 g/mol. The number of hydrogen-bond donors (Lipinski definition) is 1. The van der Waals surface area contributed by atoms with Crippen molar-refractivity contribution < 1.29 is 31.2 Å². The van der Waals surface area contributed by atoms with Crippen molar-refractivity contribution in [3.8, 4) is 0 Å². The molecule has 2 nitrogen and oxygen atoms in total. The number of nitrogens with two attached hydrogens (primary N) is 1. The van der Waals surface area contributed by atoms with Crippen LogP contribution in [0.15, 0.2) is 0 Å². The van der Waals surface area contributed by atoms with Gasteiger partial charge in [-0.3, -0.25) is 4.84 Å². The standard InChI is InChI=1S/C6H9F6NO/c1-4(2,14-13)3(5(7,8)9)6(10,11)12/h3H,13H2,1-2H3. The molecule has 0 atom stereocenters. The zero-order valence-corrected chi connectivity index (χ0v) is 7.33. The Labute approximate surface area is 76.0 Å². The molecule has 0 rings (SSSR count). The normalized spacial score (nSPS) is 15.0. The predicted octanol–water partition coefficient (Wildman–Crippen LogP) is 2.40. The first-order valence-electron chi connectivity index (χ1n) is 3.44. The minimum absolute atomic E-state index is 0.624.